The van der Waals surface area contributed by atoms with Gasteiger partial charge in [0.05, 0.1) is 0 Å². The highest BCUT2D eigenvalue weighted by Gasteiger charge is 2.25. The highest BCUT2D eigenvalue weighted by atomic mass is 79.9. The molecule has 2 rings (SSSR count). The van der Waals surface area contributed by atoms with E-state index in [4.69, 9.17) is 0 Å². The van der Waals surface area contributed by atoms with Gasteiger partial charge in [0.1, 0.15) is 5.82 Å². The molecule has 0 aliphatic heterocycles. The van der Waals surface area contributed by atoms with Gasteiger partial charge in [-0.05, 0) is 36.5 Å². The number of benzene rings is 1. The Hall–Kier alpha value is -0.370. The fraction of sp³-hybridized carbons (Fsp3) is 0.333. The van der Waals surface area contributed by atoms with E-state index in [2.05, 4.69) is 15.9 Å². The van der Waals surface area contributed by atoms with Crippen molar-refractivity contribution in [3.8, 4) is 0 Å². The zero-order valence-corrected chi connectivity index (χ0v) is 7.57. The largest absolute Gasteiger partial charge is 0.207 e. The van der Waals surface area contributed by atoms with Crippen LogP contribution >= 0.6 is 15.9 Å². The zero-order chi connectivity index (χ0) is 7.84. The summed E-state index contributed by atoms with van der Waals surface area (Å²) in [5.41, 5.74) is 1.26. The van der Waals surface area contributed by atoms with Crippen LogP contribution in [0.2, 0.25) is 0 Å². The summed E-state index contributed by atoms with van der Waals surface area (Å²) in [6, 6.07) is 4.93. The van der Waals surface area contributed by atoms with Gasteiger partial charge in [0.25, 0.3) is 0 Å². The molecule has 1 aromatic rings. The third-order valence-corrected chi connectivity index (χ3v) is 2.67. The van der Waals surface area contributed by atoms with Gasteiger partial charge in [0.2, 0.25) is 0 Å². The van der Waals surface area contributed by atoms with Crippen molar-refractivity contribution in [1.82, 2.24) is 0 Å². The van der Waals surface area contributed by atoms with Crippen LogP contribution in [-0.4, -0.2) is 0 Å². The number of hydrogen-bond donors (Lipinski definition) is 0. The van der Waals surface area contributed by atoms with Crippen LogP contribution in [0, 0.1) is 5.82 Å². The normalized spacial score (nSPS) is 16.9. The molecule has 0 bridgehead atoms. The third-order valence-electron chi connectivity index (χ3n) is 1.98. The monoisotopic (exact) mass is 214 g/mol. The number of hydrogen-bond acceptors (Lipinski definition) is 0. The predicted octanol–water partition coefficient (Wildman–Crippen LogP) is 3.47. The van der Waals surface area contributed by atoms with E-state index in [1.165, 1.54) is 30.5 Å². The van der Waals surface area contributed by atoms with Crippen molar-refractivity contribution in [3.63, 3.8) is 0 Å². The molecule has 0 radical (unpaired) electrons. The lowest BCUT2D eigenvalue weighted by atomic mass is 10.1. The van der Waals surface area contributed by atoms with Crippen molar-refractivity contribution < 1.29 is 4.39 Å². The van der Waals surface area contributed by atoms with Crippen LogP contribution in [-0.2, 0) is 0 Å². The second kappa shape index (κ2) is 2.59. The molecule has 0 N–H and O–H groups in total. The van der Waals surface area contributed by atoms with Crippen molar-refractivity contribution in [2.24, 2.45) is 0 Å². The maximum absolute atomic E-state index is 12.6. The summed E-state index contributed by atoms with van der Waals surface area (Å²) < 4.78 is 13.5. The van der Waals surface area contributed by atoms with Gasteiger partial charge >= 0.3 is 0 Å². The summed E-state index contributed by atoms with van der Waals surface area (Å²) in [7, 11) is 0. The molecule has 1 fully saturated rings. The molecule has 0 saturated heterocycles. The van der Waals surface area contributed by atoms with Gasteiger partial charge in [-0.2, -0.15) is 0 Å². The van der Waals surface area contributed by atoms with Gasteiger partial charge in [-0.3, -0.25) is 0 Å². The summed E-state index contributed by atoms with van der Waals surface area (Å²) in [4.78, 5) is 0. The first-order valence-corrected chi connectivity index (χ1v) is 4.51. The molecular weight excluding hydrogens is 207 g/mol. The second-order valence-electron chi connectivity index (χ2n) is 2.94. The number of rotatable bonds is 1. The van der Waals surface area contributed by atoms with E-state index in [0.29, 0.717) is 5.92 Å². The molecule has 58 valence electrons. The first-order valence-electron chi connectivity index (χ1n) is 3.72. The predicted molar refractivity (Wildman–Crippen MR) is 46.1 cm³/mol. The van der Waals surface area contributed by atoms with Crippen LogP contribution in [0.15, 0.2) is 22.7 Å². The minimum Gasteiger partial charge on any atom is -0.207 e. The summed E-state index contributed by atoms with van der Waals surface area (Å²) in [5, 5.41) is 0. The Morgan fingerprint density at radius 2 is 2.09 bits per heavy atom. The van der Waals surface area contributed by atoms with E-state index in [9.17, 15) is 4.39 Å². The average Bonchev–Trinajstić information content (AvgIpc) is 2.70. The molecule has 0 heterocycles. The fourth-order valence-electron chi connectivity index (χ4n) is 1.23. The first kappa shape index (κ1) is 7.29. The van der Waals surface area contributed by atoms with E-state index < -0.39 is 0 Å². The van der Waals surface area contributed by atoms with Crippen LogP contribution in [0.4, 0.5) is 4.39 Å². The van der Waals surface area contributed by atoms with E-state index in [0.717, 1.165) is 4.47 Å². The Morgan fingerprint density at radius 1 is 1.36 bits per heavy atom. The average molecular weight is 215 g/mol. The van der Waals surface area contributed by atoms with E-state index in [1.54, 1.807) is 0 Å². The molecule has 0 aromatic heterocycles. The van der Waals surface area contributed by atoms with Crippen LogP contribution in [0.3, 0.4) is 0 Å². The van der Waals surface area contributed by atoms with Crippen molar-refractivity contribution in [2.45, 2.75) is 18.8 Å². The topological polar surface area (TPSA) is 0 Å². The van der Waals surface area contributed by atoms with Crippen LogP contribution in [0.5, 0.6) is 0 Å². The second-order valence-corrected chi connectivity index (χ2v) is 3.79. The van der Waals surface area contributed by atoms with Crippen LogP contribution in [0.1, 0.15) is 24.3 Å². The van der Waals surface area contributed by atoms with Gasteiger partial charge in [0, 0.05) is 4.47 Å². The molecule has 1 aliphatic rings. The highest BCUT2D eigenvalue weighted by molar-refractivity contribution is 9.10. The van der Waals surface area contributed by atoms with Gasteiger partial charge in [-0.15, -0.1) is 0 Å². The number of halogens is 2. The molecule has 0 nitrogen and oxygen atoms in total. The van der Waals surface area contributed by atoms with Gasteiger partial charge in [-0.1, -0.05) is 22.0 Å². The summed E-state index contributed by atoms with van der Waals surface area (Å²) in [6.45, 7) is 0. The maximum Gasteiger partial charge on any atom is 0.124 e. The molecule has 1 aliphatic carbocycles. The summed E-state index contributed by atoms with van der Waals surface area (Å²) in [6.07, 6.45) is 2.51. The minimum atomic E-state index is -0.165. The summed E-state index contributed by atoms with van der Waals surface area (Å²) in [5.74, 6) is 0.520. The molecule has 2 heteroatoms. The fourth-order valence-corrected chi connectivity index (χ4v) is 1.90. The lowest BCUT2D eigenvalue weighted by Crippen LogP contribution is -1.82. The molecule has 0 spiro atoms. The Labute approximate surface area is 73.6 Å². The van der Waals surface area contributed by atoms with Crippen molar-refractivity contribution in [3.05, 3.63) is 34.1 Å². The molecule has 1 saturated carbocycles. The van der Waals surface area contributed by atoms with Crippen LogP contribution in [0.25, 0.3) is 0 Å². The Bertz CT molecular complexity index is 279. The van der Waals surface area contributed by atoms with Gasteiger partial charge in [0.15, 0.2) is 0 Å². The maximum atomic E-state index is 12.6. The van der Waals surface area contributed by atoms with E-state index >= 15 is 0 Å². The van der Waals surface area contributed by atoms with Crippen molar-refractivity contribution in [2.75, 3.05) is 0 Å². The summed E-state index contributed by atoms with van der Waals surface area (Å²) >= 11 is 3.35. The third kappa shape index (κ3) is 1.45. The lowest BCUT2D eigenvalue weighted by Gasteiger charge is -2.00. The van der Waals surface area contributed by atoms with Crippen molar-refractivity contribution in [1.29, 1.82) is 0 Å². The van der Waals surface area contributed by atoms with E-state index in [1.807, 2.05) is 6.07 Å². The zero-order valence-electron chi connectivity index (χ0n) is 5.98. The Morgan fingerprint density at radius 3 is 2.64 bits per heavy atom. The van der Waals surface area contributed by atoms with E-state index in [-0.39, 0.29) is 5.82 Å². The minimum absolute atomic E-state index is 0.165. The molecule has 0 atom stereocenters. The smallest absolute Gasteiger partial charge is 0.124 e. The first-order chi connectivity index (χ1) is 5.27. The van der Waals surface area contributed by atoms with Crippen molar-refractivity contribution >= 4 is 15.9 Å². The quantitative estimate of drug-likeness (QED) is 0.672. The molecular formula is C9H8BrF. The molecule has 1 aromatic carbocycles. The molecule has 0 amide bonds. The SMILES string of the molecule is Fc1ccc(C2CC2)c(Br)c1. The Balaban J connectivity index is 2.39. The molecule has 11 heavy (non-hydrogen) atoms. The standard InChI is InChI=1S/C9H8BrF/c10-9-5-7(11)3-4-8(9)6-1-2-6/h3-6H,1-2H2. The van der Waals surface area contributed by atoms with Gasteiger partial charge in [-0.25, -0.2) is 4.39 Å². The van der Waals surface area contributed by atoms with Gasteiger partial charge < -0.3 is 0 Å². The lowest BCUT2D eigenvalue weighted by molar-refractivity contribution is 0.626. The Kier molecular flexibility index (Phi) is 1.72. The van der Waals surface area contributed by atoms with Crippen LogP contribution < -0.4 is 0 Å². The highest BCUT2D eigenvalue weighted by Crippen LogP contribution is 2.43. The molecule has 0 unspecified atom stereocenters.